The summed E-state index contributed by atoms with van der Waals surface area (Å²) in [6, 6.07) is 11.4. The maximum Gasteiger partial charge on any atom is 0.338 e. The minimum atomic E-state index is -0.476. The number of methoxy groups -OCH3 is 1. The second-order valence-electron chi connectivity index (χ2n) is 4.39. The molecule has 0 radical (unpaired) electrons. The van der Waals surface area contributed by atoms with E-state index in [1.165, 1.54) is 18.2 Å². The van der Waals surface area contributed by atoms with Crippen LogP contribution in [-0.2, 0) is 11.3 Å². The lowest BCUT2D eigenvalue weighted by atomic mass is 10.1. The minimum absolute atomic E-state index is 0.145. The monoisotopic (exact) mass is 274 g/mol. The highest BCUT2D eigenvalue weighted by molar-refractivity contribution is 5.89. The molecule has 0 saturated carbocycles. The van der Waals surface area contributed by atoms with Crippen molar-refractivity contribution in [1.82, 2.24) is 0 Å². The maximum absolute atomic E-state index is 13.1. The van der Waals surface area contributed by atoms with E-state index >= 15 is 0 Å². The van der Waals surface area contributed by atoms with Crippen LogP contribution in [0.2, 0.25) is 0 Å². The van der Waals surface area contributed by atoms with Gasteiger partial charge in [0.2, 0.25) is 0 Å². The number of carbonyl (C=O) groups is 1. The summed E-state index contributed by atoms with van der Waals surface area (Å²) >= 11 is 0. The van der Waals surface area contributed by atoms with Crippen molar-refractivity contribution in [2.75, 3.05) is 7.11 Å². The van der Waals surface area contributed by atoms with E-state index in [-0.39, 0.29) is 12.4 Å². The third-order valence-corrected chi connectivity index (χ3v) is 2.90. The number of carbonyl (C=O) groups excluding carboxylic acids is 1. The Morgan fingerprint density at radius 2 is 2.00 bits per heavy atom. The zero-order valence-corrected chi connectivity index (χ0v) is 11.4. The fraction of sp³-hybridized carbons (Fsp3) is 0.188. The van der Waals surface area contributed by atoms with Gasteiger partial charge in [-0.2, -0.15) is 0 Å². The average Bonchev–Trinajstić information content (AvgIpc) is 2.47. The first-order valence-corrected chi connectivity index (χ1v) is 6.16. The summed E-state index contributed by atoms with van der Waals surface area (Å²) in [7, 11) is 1.58. The van der Waals surface area contributed by atoms with Crippen LogP contribution in [0.4, 0.5) is 4.39 Å². The quantitative estimate of drug-likeness (QED) is 0.800. The van der Waals surface area contributed by atoms with Gasteiger partial charge in [0.25, 0.3) is 0 Å². The topological polar surface area (TPSA) is 35.5 Å². The van der Waals surface area contributed by atoms with E-state index in [0.29, 0.717) is 16.9 Å². The summed E-state index contributed by atoms with van der Waals surface area (Å²) in [5.74, 6) is -0.110. The maximum atomic E-state index is 13.1. The Hall–Kier alpha value is -2.36. The van der Waals surface area contributed by atoms with Gasteiger partial charge in [-0.3, -0.25) is 0 Å². The largest absolute Gasteiger partial charge is 0.497 e. The highest BCUT2D eigenvalue weighted by Crippen LogP contribution is 2.15. The van der Waals surface area contributed by atoms with Gasteiger partial charge in [0.05, 0.1) is 12.7 Å². The van der Waals surface area contributed by atoms with Gasteiger partial charge in [-0.15, -0.1) is 0 Å². The van der Waals surface area contributed by atoms with Crippen molar-refractivity contribution in [2.24, 2.45) is 0 Å². The SMILES string of the molecule is COc1cccc(COC(=O)c2ccc(F)c(C)c2)c1. The van der Waals surface area contributed by atoms with Crippen molar-refractivity contribution in [2.45, 2.75) is 13.5 Å². The molecule has 20 heavy (non-hydrogen) atoms. The highest BCUT2D eigenvalue weighted by Gasteiger charge is 2.09. The number of hydrogen-bond acceptors (Lipinski definition) is 3. The van der Waals surface area contributed by atoms with Crippen LogP contribution in [0.15, 0.2) is 42.5 Å². The van der Waals surface area contributed by atoms with Gasteiger partial charge >= 0.3 is 5.97 Å². The van der Waals surface area contributed by atoms with E-state index in [2.05, 4.69) is 0 Å². The zero-order chi connectivity index (χ0) is 14.5. The number of esters is 1. The van der Waals surface area contributed by atoms with Crippen molar-refractivity contribution in [1.29, 1.82) is 0 Å². The van der Waals surface area contributed by atoms with E-state index in [0.717, 1.165) is 5.56 Å². The molecule has 0 aliphatic rings. The fourth-order valence-corrected chi connectivity index (χ4v) is 1.77. The predicted octanol–water partition coefficient (Wildman–Crippen LogP) is 3.50. The Balaban J connectivity index is 2.02. The summed E-state index contributed by atoms with van der Waals surface area (Å²) in [4.78, 5) is 11.9. The van der Waals surface area contributed by atoms with Gasteiger partial charge in [-0.1, -0.05) is 12.1 Å². The molecule has 0 heterocycles. The van der Waals surface area contributed by atoms with Crippen molar-refractivity contribution >= 4 is 5.97 Å². The van der Waals surface area contributed by atoms with Crippen molar-refractivity contribution in [3.63, 3.8) is 0 Å². The van der Waals surface area contributed by atoms with E-state index in [1.54, 1.807) is 20.1 Å². The summed E-state index contributed by atoms with van der Waals surface area (Å²) in [5, 5.41) is 0. The number of ether oxygens (including phenoxy) is 2. The normalized spacial score (nSPS) is 10.2. The van der Waals surface area contributed by atoms with Crippen LogP contribution in [0, 0.1) is 12.7 Å². The van der Waals surface area contributed by atoms with Gasteiger partial charge in [-0.05, 0) is 48.4 Å². The van der Waals surface area contributed by atoms with E-state index in [4.69, 9.17) is 9.47 Å². The number of halogens is 1. The molecule has 0 aliphatic heterocycles. The third kappa shape index (κ3) is 3.35. The summed E-state index contributed by atoms with van der Waals surface area (Å²) in [6.45, 7) is 1.75. The molecule has 0 N–H and O–H groups in total. The van der Waals surface area contributed by atoms with E-state index in [1.807, 2.05) is 18.2 Å². The van der Waals surface area contributed by atoms with Crippen LogP contribution in [0.3, 0.4) is 0 Å². The van der Waals surface area contributed by atoms with Crippen LogP contribution in [-0.4, -0.2) is 13.1 Å². The lowest BCUT2D eigenvalue weighted by Crippen LogP contribution is -2.06. The first kappa shape index (κ1) is 14.1. The third-order valence-electron chi connectivity index (χ3n) is 2.90. The summed E-state index contributed by atoms with van der Waals surface area (Å²) in [6.07, 6.45) is 0. The van der Waals surface area contributed by atoms with Crippen LogP contribution in [0.25, 0.3) is 0 Å². The Labute approximate surface area is 117 Å². The van der Waals surface area contributed by atoms with Crippen LogP contribution < -0.4 is 4.74 Å². The zero-order valence-electron chi connectivity index (χ0n) is 11.4. The van der Waals surface area contributed by atoms with Crippen molar-refractivity contribution in [3.8, 4) is 5.75 Å². The Kier molecular flexibility index (Phi) is 4.35. The molecule has 2 aromatic carbocycles. The minimum Gasteiger partial charge on any atom is -0.497 e. The second kappa shape index (κ2) is 6.19. The molecule has 0 bridgehead atoms. The van der Waals surface area contributed by atoms with Gasteiger partial charge in [0.1, 0.15) is 18.2 Å². The van der Waals surface area contributed by atoms with Crippen LogP contribution in [0.5, 0.6) is 5.75 Å². The number of hydrogen-bond donors (Lipinski definition) is 0. The molecule has 0 fully saturated rings. The molecule has 3 nitrogen and oxygen atoms in total. The summed E-state index contributed by atoms with van der Waals surface area (Å²) in [5.41, 5.74) is 1.59. The van der Waals surface area contributed by atoms with E-state index in [9.17, 15) is 9.18 Å². The predicted molar refractivity (Wildman–Crippen MR) is 73.3 cm³/mol. The molecule has 0 saturated heterocycles. The molecule has 0 unspecified atom stereocenters. The molecule has 0 aromatic heterocycles. The standard InChI is InChI=1S/C16H15FO3/c1-11-8-13(6-7-15(11)17)16(18)20-10-12-4-3-5-14(9-12)19-2/h3-9H,10H2,1-2H3. The van der Waals surface area contributed by atoms with Crippen molar-refractivity contribution < 1.29 is 18.7 Å². The van der Waals surface area contributed by atoms with Crippen LogP contribution >= 0.6 is 0 Å². The molecule has 104 valence electrons. The van der Waals surface area contributed by atoms with Gasteiger partial charge in [0.15, 0.2) is 0 Å². The van der Waals surface area contributed by atoms with Gasteiger partial charge < -0.3 is 9.47 Å². The Morgan fingerprint density at radius 1 is 1.20 bits per heavy atom. The van der Waals surface area contributed by atoms with Gasteiger partial charge in [-0.25, -0.2) is 9.18 Å². The Morgan fingerprint density at radius 3 is 2.70 bits per heavy atom. The molecule has 4 heteroatoms. The lowest BCUT2D eigenvalue weighted by molar-refractivity contribution is 0.0472. The first-order chi connectivity index (χ1) is 9.60. The van der Waals surface area contributed by atoms with Gasteiger partial charge in [0, 0.05) is 0 Å². The Bertz CT molecular complexity index is 623. The molecule has 0 spiro atoms. The molecular formula is C16H15FO3. The number of aryl methyl sites for hydroxylation is 1. The fourth-order valence-electron chi connectivity index (χ4n) is 1.77. The molecule has 0 atom stereocenters. The number of benzene rings is 2. The van der Waals surface area contributed by atoms with Crippen molar-refractivity contribution in [3.05, 3.63) is 65.0 Å². The lowest BCUT2D eigenvalue weighted by Gasteiger charge is -2.07. The summed E-state index contributed by atoms with van der Waals surface area (Å²) < 4.78 is 23.4. The molecule has 0 aliphatic carbocycles. The molecule has 2 rings (SSSR count). The smallest absolute Gasteiger partial charge is 0.338 e. The molecule has 0 amide bonds. The van der Waals surface area contributed by atoms with E-state index < -0.39 is 5.97 Å². The van der Waals surface area contributed by atoms with Crippen LogP contribution in [0.1, 0.15) is 21.5 Å². The molecular weight excluding hydrogens is 259 g/mol. The second-order valence-corrected chi connectivity index (χ2v) is 4.39. The highest BCUT2D eigenvalue weighted by atomic mass is 19.1. The molecule has 2 aromatic rings. The average molecular weight is 274 g/mol. The number of rotatable bonds is 4. The first-order valence-electron chi connectivity index (χ1n) is 6.16.